The van der Waals surface area contributed by atoms with Crippen LogP contribution in [0.1, 0.15) is 62.4 Å². The number of carbonyl (C=O) groups is 3. The van der Waals surface area contributed by atoms with Gasteiger partial charge in [0.15, 0.2) is 5.78 Å². The van der Waals surface area contributed by atoms with Crippen molar-refractivity contribution in [1.82, 2.24) is 10.2 Å². The van der Waals surface area contributed by atoms with Crippen LogP contribution >= 0.6 is 0 Å². The maximum Gasteiger partial charge on any atom is 0.242 e. The molecule has 2 heterocycles. The van der Waals surface area contributed by atoms with E-state index in [0.29, 0.717) is 30.7 Å². The average molecular weight is 372 g/mol. The SMILES string of the molecule is Cc1ccc2c(c1)C(=O)C[C@]1(CCC(=O)N([C@H](C)C(=O)NC(C)C)CC1)O2. The van der Waals surface area contributed by atoms with Gasteiger partial charge in [-0.2, -0.15) is 0 Å². The Kier molecular flexibility index (Phi) is 5.27. The number of ketones is 1. The minimum Gasteiger partial charge on any atom is -0.486 e. The Morgan fingerprint density at radius 3 is 2.67 bits per heavy atom. The fourth-order valence-electron chi connectivity index (χ4n) is 3.90. The number of ether oxygens (including phenoxy) is 1. The van der Waals surface area contributed by atoms with Crippen LogP contribution in [0.2, 0.25) is 0 Å². The van der Waals surface area contributed by atoms with Crippen LogP contribution in [0.3, 0.4) is 0 Å². The van der Waals surface area contributed by atoms with E-state index in [1.54, 1.807) is 11.8 Å². The first kappa shape index (κ1) is 19.4. The number of amides is 2. The van der Waals surface area contributed by atoms with E-state index in [2.05, 4.69) is 5.32 Å². The second-order valence-electron chi connectivity index (χ2n) is 8.06. The van der Waals surface area contributed by atoms with E-state index < -0.39 is 11.6 Å². The maximum absolute atomic E-state index is 12.7. The van der Waals surface area contributed by atoms with Crippen LogP contribution in [0, 0.1) is 6.92 Å². The van der Waals surface area contributed by atoms with Gasteiger partial charge in [0.1, 0.15) is 17.4 Å². The number of benzene rings is 1. The Morgan fingerprint density at radius 2 is 1.96 bits per heavy atom. The Hall–Kier alpha value is -2.37. The molecule has 3 rings (SSSR count). The quantitative estimate of drug-likeness (QED) is 0.885. The smallest absolute Gasteiger partial charge is 0.242 e. The monoisotopic (exact) mass is 372 g/mol. The third kappa shape index (κ3) is 3.99. The lowest BCUT2D eigenvalue weighted by molar-refractivity contribution is -0.139. The highest BCUT2D eigenvalue weighted by Crippen LogP contribution is 2.40. The number of nitrogens with one attached hydrogen (secondary N) is 1. The van der Waals surface area contributed by atoms with Gasteiger partial charge < -0.3 is 15.0 Å². The zero-order chi connectivity index (χ0) is 19.8. The Morgan fingerprint density at radius 1 is 1.22 bits per heavy atom. The summed E-state index contributed by atoms with van der Waals surface area (Å²) >= 11 is 0. The van der Waals surface area contributed by atoms with E-state index in [1.807, 2.05) is 39.0 Å². The minimum absolute atomic E-state index is 0.0210. The fraction of sp³-hybridized carbons (Fsp3) is 0.571. The largest absolute Gasteiger partial charge is 0.486 e. The molecule has 0 radical (unpaired) electrons. The van der Waals surface area contributed by atoms with Gasteiger partial charge in [-0.15, -0.1) is 0 Å². The van der Waals surface area contributed by atoms with Gasteiger partial charge in [0.2, 0.25) is 11.8 Å². The van der Waals surface area contributed by atoms with E-state index in [-0.39, 0.29) is 36.5 Å². The molecule has 2 aliphatic heterocycles. The number of likely N-dealkylation sites (tertiary alicyclic amines) is 1. The molecule has 1 fully saturated rings. The lowest BCUT2D eigenvalue weighted by Gasteiger charge is -2.37. The van der Waals surface area contributed by atoms with E-state index in [4.69, 9.17) is 4.74 Å². The summed E-state index contributed by atoms with van der Waals surface area (Å²) in [6, 6.07) is 5.11. The molecule has 2 atom stereocenters. The number of hydrogen-bond acceptors (Lipinski definition) is 4. The van der Waals surface area contributed by atoms with Crippen LogP contribution in [0.4, 0.5) is 0 Å². The lowest BCUT2D eigenvalue weighted by atomic mass is 9.84. The topological polar surface area (TPSA) is 75.7 Å². The molecule has 1 N–H and O–H groups in total. The molecule has 0 saturated carbocycles. The summed E-state index contributed by atoms with van der Waals surface area (Å²) in [5, 5.41) is 2.86. The molecule has 0 aliphatic carbocycles. The summed E-state index contributed by atoms with van der Waals surface area (Å²) in [6.45, 7) is 7.89. The van der Waals surface area contributed by atoms with Crippen molar-refractivity contribution in [3.63, 3.8) is 0 Å². The van der Waals surface area contributed by atoms with Crippen molar-refractivity contribution in [2.45, 2.75) is 71.1 Å². The molecule has 2 amide bonds. The fourth-order valence-corrected chi connectivity index (χ4v) is 3.90. The van der Waals surface area contributed by atoms with E-state index >= 15 is 0 Å². The third-order valence-electron chi connectivity index (χ3n) is 5.45. The average Bonchev–Trinajstić information content (AvgIpc) is 2.74. The van der Waals surface area contributed by atoms with Crippen LogP contribution in [-0.2, 0) is 9.59 Å². The molecule has 146 valence electrons. The van der Waals surface area contributed by atoms with Crippen LogP contribution in [0.25, 0.3) is 0 Å². The van der Waals surface area contributed by atoms with Crippen molar-refractivity contribution in [2.75, 3.05) is 6.54 Å². The molecule has 6 nitrogen and oxygen atoms in total. The van der Waals surface area contributed by atoms with Gasteiger partial charge in [-0.25, -0.2) is 0 Å². The van der Waals surface area contributed by atoms with Crippen molar-refractivity contribution in [1.29, 1.82) is 0 Å². The molecule has 6 heteroatoms. The minimum atomic E-state index is -0.669. The molecule has 0 unspecified atom stereocenters. The molecule has 0 bridgehead atoms. The number of nitrogens with zero attached hydrogens (tertiary/aromatic N) is 1. The predicted molar refractivity (Wildman–Crippen MR) is 102 cm³/mol. The second kappa shape index (κ2) is 7.33. The van der Waals surface area contributed by atoms with Crippen LogP contribution < -0.4 is 10.1 Å². The van der Waals surface area contributed by atoms with Gasteiger partial charge in [-0.05, 0) is 46.2 Å². The molecule has 1 aromatic rings. The molecule has 1 spiro atoms. The summed E-state index contributed by atoms with van der Waals surface area (Å²) in [4.78, 5) is 39.3. The van der Waals surface area contributed by atoms with Gasteiger partial charge in [-0.3, -0.25) is 14.4 Å². The van der Waals surface area contributed by atoms with Crippen molar-refractivity contribution < 1.29 is 19.1 Å². The maximum atomic E-state index is 12.7. The second-order valence-corrected chi connectivity index (χ2v) is 8.06. The number of fused-ring (bicyclic) bond motifs is 1. The van der Waals surface area contributed by atoms with Gasteiger partial charge >= 0.3 is 0 Å². The van der Waals surface area contributed by atoms with Crippen molar-refractivity contribution in [3.8, 4) is 5.75 Å². The van der Waals surface area contributed by atoms with Crippen molar-refractivity contribution >= 4 is 17.6 Å². The van der Waals surface area contributed by atoms with Gasteiger partial charge in [0.25, 0.3) is 0 Å². The van der Waals surface area contributed by atoms with E-state index in [1.165, 1.54) is 0 Å². The van der Waals surface area contributed by atoms with Gasteiger partial charge in [-0.1, -0.05) is 11.6 Å². The van der Waals surface area contributed by atoms with E-state index in [9.17, 15) is 14.4 Å². The zero-order valence-corrected chi connectivity index (χ0v) is 16.5. The molecular formula is C21H28N2O4. The molecule has 2 aliphatic rings. The zero-order valence-electron chi connectivity index (χ0n) is 16.5. The molecule has 1 saturated heterocycles. The van der Waals surface area contributed by atoms with Gasteiger partial charge in [0.05, 0.1) is 12.0 Å². The number of hydrogen-bond donors (Lipinski definition) is 1. The van der Waals surface area contributed by atoms with Crippen molar-refractivity contribution in [2.24, 2.45) is 0 Å². The summed E-state index contributed by atoms with van der Waals surface area (Å²) in [5.74, 6) is 0.439. The molecule has 1 aromatic carbocycles. The Bertz CT molecular complexity index is 773. The lowest BCUT2D eigenvalue weighted by Crippen LogP contribution is -2.50. The highest BCUT2D eigenvalue weighted by atomic mass is 16.5. The number of carbonyl (C=O) groups excluding carboxylic acids is 3. The number of Topliss-reactive ketones (excluding diaryl/α,β-unsaturated/α-hetero) is 1. The first-order valence-corrected chi connectivity index (χ1v) is 9.63. The highest BCUT2D eigenvalue weighted by molar-refractivity contribution is 6.00. The number of aryl methyl sites for hydroxylation is 1. The van der Waals surface area contributed by atoms with Crippen LogP contribution in [0.15, 0.2) is 18.2 Å². The Balaban J connectivity index is 1.78. The number of rotatable bonds is 3. The summed E-state index contributed by atoms with van der Waals surface area (Å²) < 4.78 is 6.27. The third-order valence-corrected chi connectivity index (χ3v) is 5.45. The standard InChI is InChI=1S/C21H28N2O4/c1-13(2)22-20(26)15(4)23-10-9-21(8-7-19(23)25)12-17(24)16-11-14(3)5-6-18(16)27-21/h5-6,11,13,15H,7-10,12H2,1-4H3,(H,22,26)/t15-,21-/m1/s1. The molecule has 27 heavy (non-hydrogen) atoms. The molecular weight excluding hydrogens is 344 g/mol. The Labute approximate surface area is 160 Å². The summed E-state index contributed by atoms with van der Waals surface area (Å²) in [5.41, 5.74) is 0.976. The first-order valence-electron chi connectivity index (χ1n) is 9.63. The summed E-state index contributed by atoms with van der Waals surface area (Å²) in [6.07, 6.45) is 1.57. The molecule has 0 aromatic heterocycles. The predicted octanol–water partition coefficient (Wildman–Crippen LogP) is 2.62. The van der Waals surface area contributed by atoms with Crippen LogP contribution in [0.5, 0.6) is 5.75 Å². The van der Waals surface area contributed by atoms with Gasteiger partial charge in [0, 0.05) is 25.4 Å². The van der Waals surface area contributed by atoms with Crippen molar-refractivity contribution in [3.05, 3.63) is 29.3 Å². The summed E-state index contributed by atoms with van der Waals surface area (Å²) in [7, 11) is 0. The normalized spacial score (nSPS) is 23.7. The van der Waals surface area contributed by atoms with Crippen LogP contribution in [-0.4, -0.2) is 46.7 Å². The first-order chi connectivity index (χ1) is 12.7. The highest BCUT2D eigenvalue weighted by Gasteiger charge is 2.44. The van der Waals surface area contributed by atoms with E-state index in [0.717, 1.165) is 5.56 Å².